The molecule has 28 heavy (non-hydrogen) atoms. The third-order valence-electron chi connectivity index (χ3n) is 4.67. The van der Waals surface area contributed by atoms with E-state index < -0.39 is 0 Å². The lowest BCUT2D eigenvalue weighted by Gasteiger charge is -2.11. The van der Waals surface area contributed by atoms with Gasteiger partial charge in [0.05, 0.1) is 11.3 Å². The number of phenolic OH excluding ortho intramolecular Hbond substituents is 1. The summed E-state index contributed by atoms with van der Waals surface area (Å²) in [7, 11) is 0. The Bertz CT molecular complexity index is 1220. The van der Waals surface area contributed by atoms with Crippen LogP contribution < -0.4 is 5.32 Å². The number of aromatic hydroxyl groups is 1. The number of aromatic nitrogens is 3. The second-order valence-electron chi connectivity index (χ2n) is 6.82. The summed E-state index contributed by atoms with van der Waals surface area (Å²) in [5, 5.41) is 22.8. The van der Waals surface area contributed by atoms with E-state index in [2.05, 4.69) is 47.6 Å². The second-order valence-corrected chi connectivity index (χ2v) is 7.76. The van der Waals surface area contributed by atoms with Crippen molar-refractivity contribution in [1.82, 2.24) is 14.6 Å². The fourth-order valence-corrected chi connectivity index (χ4v) is 4.05. The van der Waals surface area contributed by atoms with E-state index in [4.69, 9.17) is 0 Å². The molecule has 0 spiro atoms. The minimum atomic E-state index is -0.169. The highest BCUT2D eigenvalue weighted by Crippen LogP contribution is 2.29. The van der Waals surface area contributed by atoms with Crippen molar-refractivity contribution in [3.8, 4) is 5.75 Å². The molecule has 7 heteroatoms. The molecule has 0 bridgehead atoms. The van der Waals surface area contributed by atoms with Gasteiger partial charge in [-0.05, 0) is 55.7 Å². The monoisotopic (exact) mass is 392 g/mol. The number of fused-ring (bicyclic) bond motifs is 3. The maximum Gasteiger partial charge on any atom is 0.234 e. The fraction of sp³-hybridized carbons (Fsp3) is 0.190. The molecule has 142 valence electrons. The van der Waals surface area contributed by atoms with Crippen molar-refractivity contribution in [2.24, 2.45) is 0 Å². The zero-order valence-corrected chi connectivity index (χ0v) is 16.7. The Labute approximate surface area is 166 Å². The molecule has 6 nitrogen and oxygen atoms in total. The molecule has 4 rings (SSSR count). The summed E-state index contributed by atoms with van der Waals surface area (Å²) in [5.74, 6) is 0.135. The zero-order chi connectivity index (χ0) is 19.8. The average molecular weight is 392 g/mol. The van der Waals surface area contributed by atoms with Crippen LogP contribution in [0.4, 0.5) is 5.69 Å². The van der Waals surface area contributed by atoms with Crippen molar-refractivity contribution < 1.29 is 9.90 Å². The molecule has 0 fully saturated rings. The molecule has 0 atom stereocenters. The first-order valence-electron chi connectivity index (χ1n) is 8.90. The molecule has 2 aromatic carbocycles. The number of nitrogens with zero attached hydrogens (tertiary/aromatic N) is 3. The highest BCUT2D eigenvalue weighted by Gasteiger charge is 2.16. The lowest BCUT2D eigenvalue weighted by atomic mass is 10.0. The van der Waals surface area contributed by atoms with E-state index in [9.17, 15) is 9.90 Å². The van der Waals surface area contributed by atoms with Crippen LogP contribution >= 0.6 is 11.8 Å². The molecule has 2 aromatic heterocycles. The Hall–Kier alpha value is -3.06. The van der Waals surface area contributed by atoms with Gasteiger partial charge in [0.25, 0.3) is 0 Å². The number of carbonyl (C=O) groups is 1. The van der Waals surface area contributed by atoms with Crippen LogP contribution in [0.3, 0.4) is 0 Å². The molecule has 0 saturated carbocycles. The van der Waals surface area contributed by atoms with Gasteiger partial charge in [-0.3, -0.25) is 9.20 Å². The summed E-state index contributed by atoms with van der Waals surface area (Å²) in [5.41, 5.74) is 5.81. The number of phenols is 1. The highest BCUT2D eigenvalue weighted by molar-refractivity contribution is 7.99. The quantitative estimate of drug-likeness (QED) is 0.508. The van der Waals surface area contributed by atoms with Crippen LogP contribution in [-0.4, -0.2) is 31.4 Å². The number of hydrogen-bond acceptors (Lipinski definition) is 5. The largest absolute Gasteiger partial charge is 0.508 e. The van der Waals surface area contributed by atoms with Crippen LogP contribution in [0.15, 0.2) is 47.6 Å². The van der Waals surface area contributed by atoms with Crippen LogP contribution in [0.5, 0.6) is 5.75 Å². The lowest BCUT2D eigenvalue weighted by molar-refractivity contribution is -0.113. The standard InChI is InChI=1S/C21H20N4O2S/c1-12-7-8-13(2)19-17(12)9-14(3)20-23-24-21(25(19)20)28-11-18(27)22-15-5-4-6-16(26)10-15/h4-10,26H,11H2,1-3H3,(H,22,27). The summed E-state index contributed by atoms with van der Waals surface area (Å²) >= 11 is 1.34. The van der Waals surface area contributed by atoms with Crippen LogP contribution in [0, 0.1) is 20.8 Å². The van der Waals surface area contributed by atoms with Crippen LogP contribution in [-0.2, 0) is 4.79 Å². The Morgan fingerprint density at radius 3 is 2.64 bits per heavy atom. The maximum atomic E-state index is 12.3. The second kappa shape index (κ2) is 7.16. The van der Waals surface area contributed by atoms with E-state index >= 15 is 0 Å². The molecular weight excluding hydrogens is 372 g/mol. The molecule has 2 heterocycles. The van der Waals surface area contributed by atoms with Crippen molar-refractivity contribution in [2.45, 2.75) is 25.9 Å². The molecule has 0 aliphatic heterocycles. The molecule has 0 saturated heterocycles. The van der Waals surface area contributed by atoms with Gasteiger partial charge in [0.2, 0.25) is 5.91 Å². The number of carbonyl (C=O) groups excluding carboxylic acids is 1. The summed E-state index contributed by atoms with van der Waals surface area (Å²) in [4.78, 5) is 12.3. The zero-order valence-electron chi connectivity index (χ0n) is 15.9. The molecule has 0 radical (unpaired) electrons. The average Bonchev–Trinajstić information content (AvgIpc) is 3.08. The van der Waals surface area contributed by atoms with E-state index in [-0.39, 0.29) is 17.4 Å². The van der Waals surface area contributed by atoms with Gasteiger partial charge in [-0.1, -0.05) is 30.0 Å². The van der Waals surface area contributed by atoms with Gasteiger partial charge in [0.15, 0.2) is 10.8 Å². The van der Waals surface area contributed by atoms with Crippen LogP contribution in [0.25, 0.3) is 16.6 Å². The molecule has 4 aromatic rings. The lowest BCUT2D eigenvalue weighted by Crippen LogP contribution is -2.14. The summed E-state index contributed by atoms with van der Waals surface area (Å²) in [6.07, 6.45) is 0. The molecule has 0 aliphatic carbocycles. The number of hydrogen-bond donors (Lipinski definition) is 2. The Morgan fingerprint density at radius 2 is 1.86 bits per heavy atom. The van der Waals surface area contributed by atoms with Gasteiger partial charge < -0.3 is 10.4 Å². The summed E-state index contributed by atoms with van der Waals surface area (Å²) in [6.45, 7) is 6.18. The van der Waals surface area contributed by atoms with Crippen LogP contribution in [0.1, 0.15) is 16.7 Å². The van der Waals surface area contributed by atoms with Gasteiger partial charge in [-0.25, -0.2) is 0 Å². The molecular formula is C21H20N4O2S. The number of nitrogens with one attached hydrogen (secondary N) is 1. The minimum absolute atomic E-state index is 0.113. The van der Waals surface area contributed by atoms with Gasteiger partial charge in [0.1, 0.15) is 5.75 Å². The SMILES string of the molecule is Cc1ccc(C)c2c1cc(C)c1nnc(SCC(=O)Nc3cccc(O)c3)n12. The first-order chi connectivity index (χ1) is 13.4. The normalized spacial score (nSPS) is 11.2. The Morgan fingerprint density at radius 1 is 1.07 bits per heavy atom. The summed E-state index contributed by atoms with van der Waals surface area (Å²) in [6, 6.07) is 12.8. The number of rotatable bonds is 4. The number of amides is 1. The van der Waals surface area contributed by atoms with E-state index in [1.807, 2.05) is 11.3 Å². The van der Waals surface area contributed by atoms with Gasteiger partial charge >= 0.3 is 0 Å². The smallest absolute Gasteiger partial charge is 0.234 e. The molecule has 1 amide bonds. The first kappa shape index (κ1) is 18.3. The topological polar surface area (TPSA) is 79.5 Å². The highest BCUT2D eigenvalue weighted by atomic mass is 32.2. The summed E-state index contributed by atoms with van der Waals surface area (Å²) < 4.78 is 2.04. The minimum Gasteiger partial charge on any atom is -0.508 e. The Balaban J connectivity index is 1.66. The van der Waals surface area contributed by atoms with E-state index in [1.165, 1.54) is 23.4 Å². The van der Waals surface area contributed by atoms with Crippen molar-refractivity contribution in [3.63, 3.8) is 0 Å². The predicted molar refractivity (Wildman–Crippen MR) is 112 cm³/mol. The molecule has 2 N–H and O–H groups in total. The molecule has 0 aliphatic rings. The van der Waals surface area contributed by atoms with E-state index in [1.54, 1.807) is 18.2 Å². The van der Waals surface area contributed by atoms with Crippen molar-refractivity contribution in [2.75, 3.05) is 11.1 Å². The number of thioether (sulfide) groups is 1. The maximum absolute atomic E-state index is 12.3. The van der Waals surface area contributed by atoms with Gasteiger partial charge in [-0.2, -0.15) is 0 Å². The Kier molecular flexibility index (Phi) is 4.68. The fourth-order valence-electron chi connectivity index (χ4n) is 3.31. The number of pyridine rings is 1. The first-order valence-corrected chi connectivity index (χ1v) is 9.89. The number of anilines is 1. The van der Waals surface area contributed by atoms with Gasteiger partial charge in [-0.15, -0.1) is 10.2 Å². The van der Waals surface area contributed by atoms with Crippen molar-refractivity contribution >= 4 is 39.9 Å². The van der Waals surface area contributed by atoms with E-state index in [0.717, 1.165) is 27.7 Å². The third kappa shape index (κ3) is 3.29. The number of benzene rings is 2. The van der Waals surface area contributed by atoms with Gasteiger partial charge in [0, 0.05) is 17.1 Å². The van der Waals surface area contributed by atoms with Crippen molar-refractivity contribution in [3.05, 3.63) is 59.2 Å². The molecule has 0 unspecified atom stereocenters. The predicted octanol–water partition coefficient (Wildman–Crippen LogP) is 4.24. The van der Waals surface area contributed by atoms with E-state index in [0.29, 0.717) is 10.8 Å². The van der Waals surface area contributed by atoms with Crippen molar-refractivity contribution in [1.29, 1.82) is 0 Å². The number of aryl methyl sites for hydroxylation is 3. The van der Waals surface area contributed by atoms with Crippen LogP contribution in [0.2, 0.25) is 0 Å². The third-order valence-corrected chi connectivity index (χ3v) is 5.60.